The van der Waals surface area contributed by atoms with Crippen molar-refractivity contribution in [1.82, 2.24) is 14.5 Å². The molecule has 0 aromatic heterocycles. The molecule has 2 heterocycles. The van der Waals surface area contributed by atoms with E-state index in [4.69, 9.17) is 0 Å². The fourth-order valence-corrected chi connectivity index (χ4v) is 6.89. The number of rotatable bonds is 6. The van der Waals surface area contributed by atoms with E-state index in [-0.39, 0.29) is 34.6 Å². The van der Waals surface area contributed by atoms with Crippen LogP contribution < -0.4 is 9.62 Å². The lowest BCUT2D eigenvalue weighted by Gasteiger charge is -2.37. The van der Waals surface area contributed by atoms with Gasteiger partial charge in [-0.25, -0.2) is 13.1 Å². The summed E-state index contributed by atoms with van der Waals surface area (Å²) in [5.41, 5.74) is 1.70. The quantitative estimate of drug-likeness (QED) is 0.661. The van der Waals surface area contributed by atoms with Crippen molar-refractivity contribution in [3.05, 3.63) is 23.8 Å². The number of nitrogens with one attached hydrogen (secondary N) is 1. The number of hydrogen-bond donors (Lipinski definition) is 1. The monoisotopic (exact) mass is 490 g/mol. The van der Waals surface area contributed by atoms with E-state index in [1.54, 1.807) is 23.1 Å². The molecule has 188 valence electrons. The molecule has 0 unspecified atom stereocenters. The summed E-state index contributed by atoms with van der Waals surface area (Å²) in [5, 5.41) is 0. The van der Waals surface area contributed by atoms with Crippen LogP contribution in [0.25, 0.3) is 0 Å². The predicted molar refractivity (Wildman–Crippen MR) is 132 cm³/mol. The lowest BCUT2D eigenvalue weighted by molar-refractivity contribution is -0.138. The van der Waals surface area contributed by atoms with Crippen LogP contribution in [0.4, 0.5) is 5.69 Å². The number of fused-ring (bicyclic) bond motifs is 1. The molecule has 34 heavy (non-hydrogen) atoms. The number of carbonyl (C=O) groups is 2. The molecule has 2 fully saturated rings. The van der Waals surface area contributed by atoms with Crippen LogP contribution in [0.2, 0.25) is 0 Å². The number of sulfonamides is 1. The molecule has 9 heteroatoms. The number of amides is 2. The van der Waals surface area contributed by atoms with Crippen molar-refractivity contribution < 1.29 is 18.0 Å². The highest BCUT2D eigenvalue weighted by molar-refractivity contribution is 7.89. The minimum atomic E-state index is -3.62. The largest absolute Gasteiger partial charge is 0.340 e. The van der Waals surface area contributed by atoms with Crippen molar-refractivity contribution >= 4 is 27.5 Å². The predicted octanol–water partition coefficient (Wildman–Crippen LogP) is 2.23. The topological polar surface area (TPSA) is 90.0 Å². The highest BCUT2D eigenvalue weighted by Crippen LogP contribution is 2.34. The van der Waals surface area contributed by atoms with Gasteiger partial charge in [0.2, 0.25) is 21.8 Å². The van der Waals surface area contributed by atoms with E-state index in [0.29, 0.717) is 13.0 Å². The Bertz CT molecular complexity index is 1010. The maximum absolute atomic E-state index is 12.9. The van der Waals surface area contributed by atoms with E-state index >= 15 is 0 Å². The van der Waals surface area contributed by atoms with Crippen molar-refractivity contribution in [2.24, 2.45) is 11.8 Å². The van der Waals surface area contributed by atoms with Crippen molar-refractivity contribution in [3.8, 4) is 0 Å². The van der Waals surface area contributed by atoms with E-state index in [1.165, 1.54) is 6.92 Å². The van der Waals surface area contributed by atoms with Gasteiger partial charge in [-0.15, -0.1) is 0 Å². The molecule has 1 atom stereocenters. The lowest BCUT2D eigenvalue weighted by atomic mass is 9.81. The fraction of sp³-hybridized carbons (Fsp3) is 0.680. The van der Waals surface area contributed by atoms with E-state index < -0.39 is 10.0 Å². The summed E-state index contributed by atoms with van der Waals surface area (Å²) in [6.07, 6.45) is 4.05. The van der Waals surface area contributed by atoms with E-state index in [1.807, 2.05) is 11.8 Å². The highest BCUT2D eigenvalue weighted by atomic mass is 32.2. The minimum absolute atomic E-state index is 0.0303. The highest BCUT2D eigenvalue weighted by Gasteiger charge is 2.32. The molecule has 1 saturated carbocycles. The van der Waals surface area contributed by atoms with Crippen molar-refractivity contribution in [1.29, 1.82) is 0 Å². The van der Waals surface area contributed by atoms with Gasteiger partial charge in [0.05, 0.1) is 4.90 Å². The molecule has 4 rings (SSSR count). The molecular weight excluding hydrogens is 452 g/mol. The first-order valence-electron chi connectivity index (χ1n) is 12.6. The van der Waals surface area contributed by atoms with E-state index in [0.717, 1.165) is 69.7 Å². The van der Waals surface area contributed by atoms with Crippen LogP contribution in [0.15, 0.2) is 23.1 Å². The molecule has 8 nitrogen and oxygen atoms in total. The van der Waals surface area contributed by atoms with Crippen molar-refractivity contribution in [2.75, 3.05) is 44.2 Å². The number of hydrogen-bond acceptors (Lipinski definition) is 5. The van der Waals surface area contributed by atoms with Gasteiger partial charge in [0, 0.05) is 57.3 Å². The Morgan fingerprint density at radius 1 is 1.06 bits per heavy atom. The Labute approximate surface area is 203 Å². The molecule has 1 N–H and O–H groups in total. The first kappa shape index (κ1) is 25.1. The first-order valence-corrected chi connectivity index (χ1v) is 14.1. The maximum Gasteiger partial charge on any atom is 0.240 e. The summed E-state index contributed by atoms with van der Waals surface area (Å²) >= 11 is 0. The zero-order chi connectivity index (χ0) is 24.5. The van der Waals surface area contributed by atoms with Crippen LogP contribution in [0.5, 0.6) is 0 Å². The van der Waals surface area contributed by atoms with Gasteiger partial charge < -0.3 is 14.7 Å². The third-order valence-electron chi connectivity index (χ3n) is 7.81. The molecular formula is C25H38N4O4S. The first-order chi connectivity index (χ1) is 16.2. The van der Waals surface area contributed by atoms with Crippen LogP contribution in [0, 0.1) is 11.8 Å². The van der Waals surface area contributed by atoms with Crippen LogP contribution in [-0.4, -0.2) is 75.3 Å². The van der Waals surface area contributed by atoms with Gasteiger partial charge in [0.1, 0.15) is 0 Å². The van der Waals surface area contributed by atoms with Gasteiger partial charge in [0.15, 0.2) is 0 Å². The third-order valence-corrected chi connectivity index (χ3v) is 9.23. The second-order valence-corrected chi connectivity index (χ2v) is 11.8. The molecule has 1 aromatic carbocycles. The smallest absolute Gasteiger partial charge is 0.240 e. The average molecular weight is 491 g/mol. The standard InChI is InChI=1S/C25H38N4O4S/c1-4-27-11-13-28(14-12-27)25(31)21-7-5-20(6-8-21)17-26-34(32,33)23-9-10-24-22(16-23)15-18(2)29(24)19(3)30/h9-10,16,18,20-21,26H,4-8,11-15,17H2,1-3H3/t18-,20?,21?/m1/s1. The normalized spacial score (nSPS) is 25.9. The Morgan fingerprint density at radius 2 is 1.74 bits per heavy atom. The zero-order valence-electron chi connectivity index (χ0n) is 20.6. The second-order valence-electron chi connectivity index (χ2n) is 10.1. The Morgan fingerprint density at radius 3 is 2.35 bits per heavy atom. The molecule has 2 aliphatic heterocycles. The number of piperazine rings is 1. The average Bonchev–Trinajstić information content (AvgIpc) is 3.18. The number of carbonyl (C=O) groups excluding carboxylic acids is 2. The maximum atomic E-state index is 12.9. The molecule has 0 spiro atoms. The molecule has 3 aliphatic rings. The summed E-state index contributed by atoms with van der Waals surface area (Å²) in [4.78, 5) is 31.2. The summed E-state index contributed by atoms with van der Waals surface area (Å²) in [6, 6.07) is 5.06. The Balaban J connectivity index is 1.28. The number of benzene rings is 1. The number of anilines is 1. The minimum Gasteiger partial charge on any atom is -0.340 e. The number of nitrogens with zero attached hydrogens (tertiary/aromatic N) is 3. The number of likely N-dealkylation sites (N-methyl/N-ethyl adjacent to an activating group) is 1. The van der Waals surface area contributed by atoms with Crippen LogP contribution in [-0.2, 0) is 26.0 Å². The van der Waals surface area contributed by atoms with Gasteiger partial charge in [-0.3, -0.25) is 9.59 Å². The third kappa shape index (κ3) is 5.31. The molecule has 0 bridgehead atoms. The SMILES string of the molecule is CCN1CCN(C(=O)C2CCC(CNS(=O)(=O)c3ccc4c(c3)C[C@@H](C)N4C(C)=O)CC2)CC1. The van der Waals surface area contributed by atoms with Crippen LogP contribution in [0.3, 0.4) is 0 Å². The van der Waals surface area contributed by atoms with Gasteiger partial charge in [-0.1, -0.05) is 6.92 Å². The van der Waals surface area contributed by atoms with E-state index in [9.17, 15) is 18.0 Å². The molecule has 1 aliphatic carbocycles. The summed E-state index contributed by atoms with van der Waals surface area (Å²) in [7, 11) is -3.62. The van der Waals surface area contributed by atoms with Crippen LogP contribution >= 0.6 is 0 Å². The zero-order valence-corrected chi connectivity index (χ0v) is 21.4. The second kappa shape index (κ2) is 10.3. The van der Waals surface area contributed by atoms with Crippen molar-refractivity contribution in [3.63, 3.8) is 0 Å². The molecule has 1 aromatic rings. The molecule has 2 amide bonds. The molecule has 1 saturated heterocycles. The summed E-state index contributed by atoms with van der Waals surface area (Å²) < 4.78 is 28.7. The van der Waals surface area contributed by atoms with Gasteiger partial charge in [-0.05, 0) is 75.3 Å². The van der Waals surface area contributed by atoms with Gasteiger partial charge in [0.25, 0.3) is 0 Å². The van der Waals surface area contributed by atoms with Gasteiger partial charge in [-0.2, -0.15) is 0 Å². The van der Waals surface area contributed by atoms with Crippen LogP contribution in [0.1, 0.15) is 52.0 Å². The Hall–Kier alpha value is -1.97. The molecule has 0 radical (unpaired) electrons. The Kier molecular flexibility index (Phi) is 7.64. The fourth-order valence-electron chi connectivity index (χ4n) is 5.72. The lowest BCUT2D eigenvalue weighted by Crippen LogP contribution is -2.50. The van der Waals surface area contributed by atoms with E-state index in [2.05, 4.69) is 16.5 Å². The van der Waals surface area contributed by atoms with Crippen molar-refractivity contribution in [2.45, 2.75) is 63.8 Å². The van der Waals surface area contributed by atoms with Gasteiger partial charge >= 0.3 is 0 Å². The summed E-state index contributed by atoms with van der Waals surface area (Å²) in [5.74, 6) is 0.571. The summed E-state index contributed by atoms with van der Waals surface area (Å²) in [6.45, 7) is 10.6.